The van der Waals surface area contributed by atoms with Crippen molar-refractivity contribution in [2.45, 2.75) is 18.8 Å². The zero-order valence-corrected chi connectivity index (χ0v) is 10.4. The van der Waals surface area contributed by atoms with Gasteiger partial charge in [0.15, 0.2) is 0 Å². The topological polar surface area (TPSA) is 48.8 Å². The normalized spacial score (nSPS) is 12.5. The van der Waals surface area contributed by atoms with Crippen molar-refractivity contribution in [2.75, 3.05) is 6.54 Å². The molecule has 114 valence electrons. The number of azide groups is 1. The molecule has 0 fully saturated rings. The average Bonchev–Trinajstić information content (AvgIpc) is 2.36. The van der Waals surface area contributed by atoms with E-state index in [1.54, 1.807) is 0 Å². The van der Waals surface area contributed by atoms with Crippen LogP contribution in [0.5, 0.6) is 0 Å². The number of hydrogen-bond acceptors (Lipinski definition) is 1. The maximum atomic E-state index is 12.8. The third-order valence-corrected chi connectivity index (χ3v) is 2.46. The summed E-state index contributed by atoms with van der Waals surface area (Å²) in [5, 5.41) is 3.13. The summed E-state index contributed by atoms with van der Waals surface area (Å²) in [7, 11) is 0. The molecule has 3 nitrogen and oxygen atoms in total. The van der Waals surface area contributed by atoms with Crippen molar-refractivity contribution in [3.05, 3.63) is 51.4 Å². The lowest BCUT2D eigenvalue weighted by atomic mass is 9.99. The Morgan fingerprint density at radius 1 is 1.05 bits per heavy atom. The lowest BCUT2D eigenvalue weighted by Crippen LogP contribution is -2.14. The van der Waals surface area contributed by atoms with Crippen LogP contribution in [0.4, 0.5) is 26.3 Å². The summed E-state index contributed by atoms with van der Waals surface area (Å²) in [6.07, 6.45) is -7.90. The van der Waals surface area contributed by atoms with Gasteiger partial charge in [-0.3, -0.25) is 0 Å². The molecule has 0 aliphatic rings. The fourth-order valence-corrected chi connectivity index (χ4v) is 1.62. The maximum Gasteiger partial charge on any atom is 0.417 e. The van der Waals surface area contributed by atoms with Crippen molar-refractivity contribution in [1.29, 1.82) is 0 Å². The monoisotopic (exact) mass is 309 g/mol. The van der Waals surface area contributed by atoms with Crippen LogP contribution in [0, 0.1) is 0 Å². The summed E-state index contributed by atoms with van der Waals surface area (Å²) >= 11 is 0. The summed E-state index contributed by atoms with van der Waals surface area (Å²) in [6.45, 7) is -0.0530. The average molecular weight is 309 g/mol. The van der Waals surface area contributed by atoms with Crippen molar-refractivity contribution < 1.29 is 26.3 Å². The van der Waals surface area contributed by atoms with Gasteiger partial charge in [-0.1, -0.05) is 23.3 Å². The van der Waals surface area contributed by atoms with E-state index in [0.29, 0.717) is 18.2 Å². The van der Waals surface area contributed by atoms with Gasteiger partial charge in [-0.15, -0.1) is 0 Å². The van der Waals surface area contributed by atoms with E-state index in [-0.39, 0.29) is 13.0 Å². The van der Waals surface area contributed by atoms with Crippen LogP contribution in [-0.4, -0.2) is 6.54 Å². The standard InChI is InChI=1S/C12H9F6N3/c13-11(14,15)9-5-3-6-10(12(16,17)18)8(9)4-1-2-7-20-21-19/h1,3-6H,2,7H2. The molecular weight excluding hydrogens is 300 g/mol. The summed E-state index contributed by atoms with van der Waals surface area (Å²) < 4.78 is 76.7. The predicted molar refractivity (Wildman–Crippen MR) is 64.1 cm³/mol. The molecule has 0 saturated carbocycles. The van der Waals surface area contributed by atoms with Crippen LogP contribution >= 0.6 is 0 Å². The predicted octanol–water partition coefficient (Wildman–Crippen LogP) is 5.44. The van der Waals surface area contributed by atoms with E-state index in [1.807, 2.05) is 0 Å². The number of alkyl halides is 6. The van der Waals surface area contributed by atoms with Crippen molar-refractivity contribution in [3.63, 3.8) is 0 Å². The summed E-state index contributed by atoms with van der Waals surface area (Å²) in [5.74, 6) is 0. The van der Waals surface area contributed by atoms with Crippen LogP contribution < -0.4 is 0 Å². The molecule has 0 aromatic heterocycles. The lowest BCUT2D eigenvalue weighted by molar-refractivity contribution is -0.143. The quantitative estimate of drug-likeness (QED) is 0.234. The van der Waals surface area contributed by atoms with E-state index in [4.69, 9.17) is 5.53 Å². The van der Waals surface area contributed by atoms with Crippen LogP contribution in [0.1, 0.15) is 23.1 Å². The highest BCUT2D eigenvalue weighted by Gasteiger charge is 2.39. The van der Waals surface area contributed by atoms with Gasteiger partial charge in [0.1, 0.15) is 0 Å². The highest BCUT2D eigenvalue weighted by atomic mass is 19.4. The second-order valence-electron chi connectivity index (χ2n) is 3.91. The molecule has 0 amide bonds. The largest absolute Gasteiger partial charge is 0.417 e. The Labute approximate surface area is 115 Å². The Balaban J connectivity index is 3.26. The second-order valence-corrected chi connectivity index (χ2v) is 3.91. The van der Waals surface area contributed by atoms with Crippen molar-refractivity contribution in [1.82, 2.24) is 0 Å². The Morgan fingerprint density at radius 2 is 1.57 bits per heavy atom. The second kappa shape index (κ2) is 6.53. The van der Waals surface area contributed by atoms with Gasteiger partial charge in [0, 0.05) is 11.5 Å². The van der Waals surface area contributed by atoms with Crippen LogP contribution in [0.25, 0.3) is 16.5 Å². The SMILES string of the molecule is [N-]=[N+]=NCCC=Cc1c(C(F)(F)F)cccc1C(F)(F)F. The van der Waals surface area contributed by atoms with Gasteiger partial charge >= 0.3 is 12.4 Å². The Hall–Kier alpha value is -2.15. The molecular formula is C12H9F6N3. The van der Waals surface area contributed by atoms with E-state index in [1.165, 1.54) is 0 Å². The Morgan fingerprint density at radius 3 is 2.00 bits per heavy atom. The Kier molecular flexibility index (Phi) is 5.26. The number of rotatable bonds is 4. The molecule has 0 aliphatic carbocycles. The summed E-state index contributed by atoms with van der Waals surface area (Å²) in [5.41, 5.74) is 4.35. The summed E-state index contributed by atoms with van der Waals surface area (Å²) in [4.78, 5) is 2.42. The molecule has 0 unspecified atom stereocenters. The first-order chi connectivity index (χ1) is 9.68. The molecule has 0 bridgehead atoms. The molecule has 21 heavy (non-hydrogen) atoms. The van der Waals surface area contributed by atoms with Gasteiger partial charge in [0.2, 0.25) is 0 Å². The van der Waals surface area contributed by atoms with Crippen LogP contribution in [-0.2, 0) is 12.4 Å². The number of hydrogen-bond donors (Lipinski definition) is 0. The van der Waals surface area contributed by atoms with E-state index >= 15 is 0 Å². The first-order valence-electron chi connectivity index (χ1n) is 5.62. The third kappa shape index (κ3) is 4.71. The molecule has 0 N–H and O–H groups in total. The van der Waals surface area contributed by atoms with Crippen LogP contribution in [0.3, 0.4) is 0 Å². The van der Waals surface area contributed by atoms with E-state index < -0.39 is 29.0 Å². The molecule has 0 saturated heterocycles. The summed E-state index contributed by atoms with van der Waals surface area (Å²) in [6, 6.07) is 1.88. The maximum absolute atomic E-state index is 12.8. The number of nitrogens with zero attached hydrogens (tertiary/aromatic N) is 3. The minimum atomic E-state index is -4.90. The highest BCUT2D eigenvalue weighted by Crippen LogP contribution is 2.39. The van der Waals surface area contributed by atoms with Crippen LogP contribution in [0.15, 0.2) is 29.4 Å². The van der Waals surface area contributed by atoms with E-state index in [2.05, 4.69) is 10.0 Å². The molecule has 1 aromatic carbocycles. The lowest BCUT2D eigenvalue weighted by Gasteiger charge is -2.16. The van der Waals surface area contributed by atoms with Gasteiger partial charge in [-0.05, 0) is 29.6 Å². The number of halogens is 6. The van der Waals surface area contributed by atoms with Crippen molar-refractivity contribution >= 4 is 6.08 Å². The van der Waals surface area contributed by atoms with Crippen LogP contribution in [0.2, 0.25) is 0 Å². The van der Waals surface area contributed by atoms with Gasteiger partial charge in [0.05, 0.1) is 11.1 Å². The van der Waals surface area contributed by atoms with E-state index in [0.717, 1.165) is 12.2 Å². The minimum Gasteiger partial charge on any atom is -0.166 e. The molecule has 0 radical (unpaired) electrons. The van der Waals surface area contributed by atoms with Crippen molar-refractivity contribution in [3.8, 4) is 0 Å². The smallest absolute Gasteiger partial charge is 0.166 e. The fourth-order valence-electron chi connectivity index (χ4n) is 1.62. The first kappa shape index (κ1) is 16.9. The van der Waals surface area contributed by atoms with Gasteiger partial charge in [-0.2, -0.15) is 26.3 Å². The number of benzene rings is 1. The molecule has 0 spiro atoms. The minimum absolute atomic E-state index is 0.0353. The Bertz CT molecular complexity index is 535. The fraction of sp³-hybridized carbons (Fsp3) is 0.333. The molecule has 1 rings (SSSR count). The molecule has 0 heterocycles. The molecule has 0 aliphatic heterocycles. The zero-order chi connectivity index (χ0) is 16.1. The molecule has 1 aromatic rings. The first-order valence-corrected chi connectivity index (χ1v) is 5.62. The molecule has 0 atom stereocenters. The van der Waals surface area contributed by atoms with Gasteiger partial charge in [-0.25, -0.2) is 0 Å². The molecule has 9 heteroatoms. The third-order valence-electron chi connectivity index (χ3n) is 2.46. The van der Waals surface area contributed by atoms with Gasteiger partial charge < -0.3 is 0 Å². The van der Waals surface area contributed by atoms with Crippen molar-refractivity contribution in [2.24, 2.45) is 5.11 Å². The zero-order valence-electron chi connectivity index (χ0n) is 10.4. The van der Waals surface area contributed by atoms with Gasteiger partial charge in [0.25, 0.3) is 0 Å². The van der Waals surface area contributed by atoms with E-state index in [9.17, 15) is 26.3 Å². The highest BCUT2D eigenvalue weighted by molar-refractivity contribution is 5.59.